The summed E-state index contributed by atoms with van der Waals surface area (Å²) >= 11 is 0. The fourth-order valence-electron chi connectivity index (χ4n) is 3.25. The monoisotopic (exact) mass is 388 g/mol. The van der Waals surface area contributed by atoms with Gasteiger partial charge in [0.2, 0.25) is 0 Å². The summed E-state index contributed by atoms with van der Waals surface area (Å²) in [5, 5.41) is 0. The molecule has 3 aromatic carbocycles. The number of rotatable bonds is 8. The van der Waals surface area contributed by atoms with Crippen LogP contribution in [0.25, 0.3) is 11.0 Å². The molecule has 29 heavy (non-hydrogen) atoms. The third-order valence-electron chi connectivity index (χ3n) is 4.76. The first-order valence-corrected chi connectivity index (χ1v) is 9.64. The van der Waals surface area contributed by atoms with Crippen molar-refractivity contribution in [1.82, 2.24) is 9.55 Å². The second-order valence-corrected chi connectivity index (χ2v) is 6.77. The molecule has 0 spiro atoms. The number of ether oxygens (including phenoxy) is 3. The number of benzene rings is 3. The van der Waals surface area contributed by atoms with Gasteiger partial charge in [-0.05, 0) is 43.3 Å². The summed E-state index contributed by atoms with van der Waals surface area (Å²) < 4.78 is 19.5. The van der Waals surface area contributed by atoms with E-state index in [1.807, 2.05) is 66.7 Å². The number of hydrogen-bond acceptors (Lipinski definition) is 4. The summed E-state index contributed by atoms with van der Waals surface area (Å²) in [6.07, 6.45) is 0. The SMILES string of the molecule is COc1ccccc1OCCn1c(COc2ccc(C)cc2)nc2ccccc21. The van der Waals surface area contributed by atoms with Crippen LogP contribution in [0.2, 0.25) is 0 Å². The molecule has 0 aliphatic carbocycles. The number of imidazole rings is 1. The topological polar surface area (TPSA) is 45.5 Å². The number of methoxy groups -OCH3 is 1. The van der Waals surface area contributed by atoms with E-state index in [1.165, 1.54) is 5.56 Å². The number of nitrogens with zero attached hydrogens (tertiary/aromatic N) is 2. The molecule has 0 saturated carbocycles. The van der Waals surface area contributed by atoms with Gasteiger partial charge < -0.3 is 18.8 Å². The second-order valence-electron chi connectivity index (χ2n) is 6.77. The molecular weight excluding hydrogens is 364 g/mol. The van der Waals surface area contributed by atoms with Crippen LogP contribution in [0.3, 0.4) is 0 Å². The van der Waals surface area contributed by atoms with Gasteiger partial charge in [-0.15, -0.1) is 0 Å². The predicted octanol–water partition coefficient (Wildman–Crippen LogP) is 5.01. The van der Waals surface area contributed by atoms with Crippen molar-refractivity contribution in [1.29, 1.82) is 0 Å². The highest BCUT2D eigenvalue weighted by atomic mass is 16.5. The average molecular weight is 388 g/mol. The number of hydrogen-bond donors (Lipinski definition) is 0. The Kier molecular flexibility index (Phi) is 5.66. The van der Waals surface area contributed by atoms with E-state index < -0.39 is 0 Å². The van der Waals surface area contributed by atoms with Gasteiger partial charge in [-0.2, -0.15) is 0 Å². The van der Waals surface area contributed by atoms with Crippen LogP contribution in [0, 0.1) is 6.92 Å². The molecule has 4 rings (SSSR count). The molecule has 0 unspecified atom stereocenters. The second kappa shape index (κ2) is 8.69. The molecule has 4 aromatic rings. The lowest BCUT2D eigenvalue weighted by Crippen LogP contribution is -2.13. The van der Waals surface area contributed by atoms with Crippen molar-refractivity contribution in [2.75, 3.05) is 13.7 Å². The van der Waals surface area contributed by atoms with E-state index in [0.717, 1.165) is 34.1 Å². The summed E-state index contributed by atoms with van der Waals surface area (Å²) in [7, 11) is 1.64. The molecule has 0 fully saturated rings. The Bertz CT molecular complexity index is 1090. The minimum Gasteiger partial charge on any atom is -0.493 e. The Hall–Kier alpha value is -3.47. The number of aryl methyl sites for hydroxylation is 1. The first kappa shape index (κ1) is 18.9. The first-order chi connectivity index (χ1) is 14.2. The Balaban J connectivity index is 1.51. The Morgan fingerprint density at radius 1 is 0.828 bits per heavy atom. The minimum absolute atomic E-state index is 0.395. The molecule has 5 nitrogen and oxygen atoms in total. The molecule has 0 N–H and O–H groups in total. The predicted molar refractivity (Wildman–Crippen MR) is 114 cm³/mol. The Morgan fingerprint density at radius 3 is 2.34 bits per heavy atom. The van der Waals surface area contributed by atoms with E-state index in [-0.39, 0.29) is 0 Å². The number of aromatic nitrogens is 2. The molecule has 0 amide bonds. The van der Waals surface area contributed by atoms with Crippen molar-refractivity contribution < 1.29 is 14.2 Å². The zero-order chi connectivity index (χ0) is 20.1. The molecular formula is C24H24N2O3. The standard InChI is InChI=1S/C24H24N2O3/c1-18-11-13-19(14-12-18)29-17-24-25-20-7-3-4-8-21(20)26(24)15-16-28-23-10-6-5-9-22(23)27-2/h3-14H,15-17H2,1-2H3. The maximum atomic E-state index is 5.97. The van der Waals surface area contributed by atoms with Crippen molar-refractivity contribution in [3.63, 3.8) is 0 Å². The smallest absolute Gasteiger partial charge is 0.161 e. The molecule has 0 bridgehead atoms. The lowest BCUT2D eigenvalue weighted by atomic mass is 10.2. The minimum atomic E-state index is 0.395. The van der Waals surface area contributed by atoms with Crippen LogP contribution >= 0.6 is 0 Å². The van der Waals surface area contributed by atoms with Crippen molar-refractivity contribution >= 4 is 11.0 Å². The molecule has 5 heteroatoms. The summed E-state index contributed by atoms with van der Waals surface area (Å²) in [6, 6.07) is 23.8. The number of fused-ring (bicyclic) bond motifs is 1. The van der Waals surface area contributed by atoms with Gasteiger partial charge in [0.05, 0.1) is 24.7 Å². The summed E-state index contributed by atoms with van der Waals surface area (Å²) in [5.74, 6) is 3.16. The fourth-order valence-corrected chi connectivity index (χ4v) is 3.25. The van der Waals surface area contributed by atoms with E-state index >= 15 is 0 Å². The molecule has 1 heterocycles. The van der Waals surface area contributed by atoms with Crippen LogP contribution in [0.15, 0.2) is 72.8 Å². The summed E-state index contributed by atoms with van der Waals surface area (Å²) in [4.78, 5) is 4.76. The van der Waals surface area contributed by atoms with Gasteiger partial charge in [0.15, 0.2) is 11.5 Å². The van der Waals surface area contributed by atoms with Gasteiger partial charge in [-0.1, -0.05) is 42.0 Å². The summed E-state index contributed by atoms with van der Waals surface area (Å²) in [5.41, 5.74) is 3.23. The third-order valence-corrected chi connectivity index (χ3v) is 4.76. The van der Waals surface area contributed by atoms with Crippen molar-refractivity contribution in [2.24, 2.45) is 0 Å². The van der Waals surface area contributed by atoms with Crippen molar-refractivity contribution in [2.45, 2.75) is 20.1 Å². The molecule has 0 saturated heterocycles. The zero-order valence-electron chi connectivity index (χ0n) is 16.7. The highest BCUT2D eigenvalue weighted by Gasteiger charge is 2.12. The van der Waals surface area contributed by atoms with E-state index in [4.69, 9.17) is 19.2 Å². The normalized spacial score (nSPS) is 10.8. The van der Waals surface area contributed by atoms with Crippen LogP contribution in [-0.4, -0.2) is 23.3 Å². The molecule has 0 aliphatic heterocycles. The van der Waals surface area contributed by atoms with Crippen molar-refractivity contribution in [3.05, 3.63) is 84.2 Å². The average Bonchev–Trinajstić information content (AvgIpc) is 3.11. The van der Waals surface area contributed by atoms with Crippen molar-refractivity contribution in [3.8, 4) is 17.2 Å². The third kappa shape index (κ3) is 4.35. The van der Waals surface area contributed by atoms with Crippen LogP contribution < -0.4 is 14.2 Å². The quantitative estimate of drug-likeness (QED) is 0.426. The van der Waals surface area contributed by atoms with Gasteiger partial charge in [0.1, 0.15) is 24.8 Å². The van der Waals surface area contributed by atoms with Crippen LogP contribution in [0.4, 0.5) is 0 Å². The fraction of sp³-hybridized carbons (Fsp3) is 0.208. The summed E-state index contributed by atoms with van der Waals surface area (Å²) in [6.45, 7) is 3.61. The Morgan fingerprint density at radius 2 is 1.55 bits per heavy atom. The molecule has 148 valence electrons. The lowest BCUT2D eigenvalue weighted by molar-refractivity contribution is 0.264. The van der Waals surface area contributed by atoms with Gasteiger partial charge in [0.25, 0.3) is 0 Å². The van der Waals surface area contributed by atoms with E-state index in [2.05, 4.69) is 17.6 Å². The van der Waals surface area contributed by atoms with Crippen LogP contribution in [0.5, 0.6) is 17.2 Å². The molecule has 0 aliphatic rings. The van der Waals surface area contributed by atoms with Crippen LogP contribution in [-0.2, 0) is 13.2 Å². The highest BCUT2D eigenvalue weighted by molar-refractivity contribution is 5.75. The van der Waals surface area contributed by atoms with Gasteiger partial charge >= 0.3 is 0 Å². The van der Waals surface area contributed by atoms with Crippen LogP contribution in [0.1, 0.15) is 11.4 Å². The lowest BCUT2D eigenvalue weighted by Gasteiger charge is -2.13. The van der Waals surface area contributed by atoms with Gasteiger partial charge in [-0.3, -0.25) is 0 Å². The van der Waals surface area contributed by atoms with E-state index in [9.17, 15) is 0 Å². The first-order valence-electron chi connectivity index (χ1n) is 9.64. The zero-order valence-corrected chi connectivity index (χ0v) is 16.7. The Labute approximate surface area is 170 Å². The maximum absolute atomic E-state index is 5.97. The number of para-hydroxylation sites is 4. The maximum Gasteiger partial charge on any atom is 0.161 e. The van der Waals surface area contributed by atoms with Gasteiger partial charge in [-0.25, -0.2) is 4.98 Å². The largest absolute Gasteiger partial charge is 0.493 e. The molecule has 0 radical (unpaired) electrons. The highest BCUT2D eigenvalue weighted by Crippen LogP contribution is 2.26. The van der Waals surface area contributed by atoms with Gasteiger partial charge in [0, 0.05) is 0 Å². The van der Waals surface area contributed by atoms with E-state index in [1.54, 1.807) is 7.11 Å². The molecule has 1 aromatic heterocycles. The molecule has 0 atom stereocenters. The van der Waals surface area contributed by atoms with E-state index in [0.29, 0.717) is 19.8 Å².